The van der Waals surface area contributed by atoms with Gasteiger partial charge in [0.1, 0.15) is 5.76 Å². The van der Waals surface area contributed by atoms with Gasteiger partial charge in [0, 0.05) is 28.4 Å². The number of nitrogens with zero attached hydrogens (tertiary/aromatic N) is 2. The standard InChI is InChI=1S/C24H17ClN2O5/c1-14-5-11-18(12-6-14)26-21(16-3-2-4-19(13-16)27(31)32)20(23(29)24(26)30)22(28)15-7-9-17(25)10-8-15/h2-13,21,28H,1H3/b22-20-. The number of anilines is 1. The SMILES string of the molecule is Cc1ccc(N2C(=O)C(=O)/C(=C(\O)c3ccc(Cl)cc3)C2c2cccc([N+](=O)[O-])c2)cc1. The number of ketones is 1. The Morgan fingerprint density at radius 1 is 1.03 bits per heavy atom. The topological polar surface area (TPSA) is 101 Å². The summed E-state index contributed by atoms with van der Waals surface area (Å²) in [6, 6.07) is 17.7. The maximum Gasteiger partial charge on any atom is 0.300 e. The second-order valence-corrected chi connectivity index (χ2v) is 7.80. The molecular formula is C24H17ClN2O5. The van der Waals surface area contributed by atoms with Gasteiger partial charge in [0.15, 0.2) is 0 Å². The van der Waals surface area contributed by atoms with Crippen LogP contribution < -0.4 is 4.90 Å². The van der Waals surface area contributed by atoms with Gasteiger partial charge in [-0.25, -0.2) is 0 Å². The fraction of sp³-hybridized carbons (Fsp3) is 0.0833. The van der Waals surface area contributed by atoms with Crippen LogP contribution in [0.1, 0.15) is 22.7 Å². The molecule has 32 heavy (non-hydrogen) atoms. The number of aryl methyl sites for hydroxylation is 1. The normalized spacial score (nSPS) is 17.6. The number of rotatable bonds is 4. The molecule has 7 nitrogen and oxygen atoms in total. The van der Waals surface area contributed by atoms with Gasteiger partial charge in [0.05, 0.1) is 16.5 Å². The van der Waals surface area contributed by atoms with Gasteiger partial charge in [-0.3, -0.25) is 24.6 Å². The zero-order valence-corrected chi connectivity index (χ0v) is 17.6. The lowest BCUT2D eigenvalue weighted by Crippen LogP contribution is -2.29. The van der Waals surface area contributed by atoms with Crippen molar-refractivity contribution in [1.82, 2.24) is 0 Å². The summed E-state index contributed by atoms with van der Waals surface area (Å²) in [6.07, 6.45) is 0. The number of non-ortho nitro benzene ring substituents is 1. The number of benzene rings is 3. The van der Waals surface area contributed by atoms with Crippen LogP contribution in [0.3, 0.4) is 0 Å². The number of amides is 1. The Balaban J connectivity index is 1.96. The van der Waals surface area contributed by atoms with E-state index in [0.29, 0.717) is 21.8 Å². The van der Waals surface area contributed by atoms with Crippen LogP contribution in [0.5, 0.6) is 0 Å². The molecular weight excluding hydrogens is 432 g/mol. The maximum atomic E-state index is 13.1. The predicted octanol–water partition coefficient (Wildman–Crippen LogP) is 5.18. The van der Waals surface area contributed by atoms with Crippen molar-refractivity contribution in [2.24, 2.45) is 0 Å². The summed E-state index contributed by atoms with van der Waals surface area (Å²) in [4.78, 5) is 38.2. The monoisotopic (exact) mass is 448 g/mol. The highest BCUT2D eigenvalue weighted by atomic mass is 35.5. The van der Waals surface area contributed by atoms with Crippen LogP contribution in [-0.2, 0) is 9.59 Å². The van der Waals surface area contributed by atoms with E-state index in [-0.39, 0.29) is 17.0 Å². The highest BCUT2D eigenvalue weighted by molar-refractivity contribution is 6.51. The van der Waals surface area contributed by atoms with Gasteiger partial charge in [-0.05, 0) is 48.9 Å². The quantitative estimate of drug-likeness (QED) is 0.195. The largest absolute Gasteiger partial charge is 0.507 e. The van der Waals surface area contributed by atoms with E-state index in [1.165, 1.54) is 35.2 Å². The van der Waals surface area contributed by atoms with Crippen LogP contribution >= 0.6 is 11.6 Å². The van der Waals surface area contributed by atoms with Crippen molar-refractivity contribution in [2.45, 2.75) is 13.0 Å². The molecule has 3 aromatic rings. The number of hydrogen-bond acceptors (Lipinski definition) is 5. The van der Waals surface area contributed by atoms with E-state index in [1.54, 1.807) is 42.5 Å². The molecule has 0 saturated carbocycles. The summed E-state index contributed by atoms with van der Waals surface area (Å²) in [5.41, 5.74) is 1.67. The number of halogens is 1. The van der Waals surface area contributed by atoms with E-state index in [9.17, 15) is 24.8 Å². The molecule has 3 aromatic carbocycles. The zero-order valence-electron chi connectivity index (χ0n) is 16.9. The fourth-order valence-electron chi connectivity index (χ4n) is 3.69. The Morgan fingerprint density at radius 2 is 1.69 bits per heavy atom. The molecule has 4 rings (SSSR count). The number of nitro groups is 1. The summed E-state index contributed by atoms with van der Waals surface area (Å²) in [5.74, 6) is -2.10. The highest BCUT2D eigenvalue weighted by Gasteiger charge is 2.47. The van der Waals surface area contributed by atoms with Gasteiger partial charge in [0.25, 0.3) is 17.4 Å². The first-order valence-corrected chi connectivity index (χ1v) is 10.0. The first kappa shape index (κ1) is 21.3. The van der Waals surface area contributed by atoms with Crippen LogP contribution in [-0.4, -0.2) is 21.7 Å². The Morgan fingerprint density at radius 3 is 2.31 bits per heavy atom. The van der Waals surface area contributed by atoms with Crippen LogP contribution in [0, 0.1) is 17.0 Å². The molecule has 1 aliphatic rings. The predicted molar refractivity (Wildman–Crippen MR) is 121 cm³/mol. The number of carbonyl (C=O) groups is 2. The first-order valence-electron chi connectivity index (χ1n) is 9.66. The fourth-order valence-corrected chi connectivity index (χ4v) is 3.82. The number of carbonyl (C=O) groups excluding carboxylic acids is 2. The number of Topliss-reactive ketones (excluding diaryl/α,β-unsaturated/α-hetero) is 1. The summed E-state index contributed by atoms with van der Waals surface area (Å²) >= 11 is 5.92. The summed E-state index contributed by atoms with van der Waals surface area (Å²) in [7, 11) is 0. The molecule has 1 N–H and O–H groups in total. The Kier molecular flexibility index (Phi) is 5.50. The van der Waals surface area contributed by atoms with Crippen LogP contribution in [0.25, 0.3) is 5.76 Å². The van der Waals surface area contributed by atoms with Crippen LogP contribution in [0.2, 0.25) is 5.02 Å². The Labute approximate surface area is 188 Å². The molecule has 0 bridgehead atoms. The lowest BCUT2D eigenvalue weighted by atomic mass is 9.94. The van der Waals surface area contributed by atoms with E-state index in [1.807, 2.05) is 6.92 Å². The van der Waals surface area contributed by atoms with Gasteiger partial charge in [-0.1, -0.05) is 41.4 Å². The second kappa shape index (κ2) is 8.28. The van der Waals surface area contributed by atoms with Crippen molar-refractivity contribution in [2.75, 3.05) is 4.90 Å². The van der Waals surface area contributed by atoms with Crippen LogP contribution in [0.15, 0.2) is 78.4 Å². The molecule has 1 amide bonds. The van der Waals surface area contributed by atoms with Crippen molar-refractivity contribution in [3.63, 3.8) is 0 Å². The van der Waals surface area contributed by atoms with Gasteiger partial charge < -0.3 is 5.11 Å². The molecule has 0 radical (unpaired) electrons. The minimum atomic E-state index is -1.05. The van der Waals surface area contributed by atoms with Gasteiger partial charge in [-0.2, -0.15) is 0 Å². The summed E-state index contributed by atoms with van der Waals surface area (Å²) in [5, 5.41) is 22.8. The molecule has 0 aliphatic carbocycles. The van der Waals surface area contributed by atoms with Crippen LogP contribution in [0.4, 0.5) is 11.4 Å². The van der Waals surface area contributed by atoms with Crippen molar-refractivity contribution in [1.29, 1.82) is 0 Å². The number of hydrogen-bond donors (Lipinski definition) is 1. The van der Waals surface area contributed by atoms with Crippen molar-refractivity contribution >= 4 is 40.4 Å². The molecule has 1 aliphatic heterocycles. The number of aliphatic hydroxyl groups is 1. The van der Waals surface area contributed by atoms with Gasteiger partial charge in [0.2, 0.25) is 0 Å². The summed E-state index contributed by atoms with van der Waals surface area (Å²) in [6.45, 7) is 1.89. The third-order valence-corrected chi connectivity index (χ3v) is 5.52. The Hall–Kier alpha value is -3.97. The summed E-state index contributed by atoms with van der Waals surface area (Å²) < 4.78 is 0. The third-order valence-electron chi connectivity index (χ3n) is 5.27. The van der Waals surface area contributed by atoms with Gasteiger partial charge >= 0.3 is 0 Å². The molecule has 8 heteroatoms. The minimum absolute atomic E-state index is 0.154. The smallest absolute Gasteiger partial charge is 0.300 e. The van der Waals surface area contributed by atoms with Gasteiger partial charge in [-0.15, -0.1) is 0 Å². The highest BCUT2D eigenvalue weighted by Crippen LogP contribution is 2.42. The minimum Gasteiger partial charge on any atom is -0.507 e. The number of nitro benzene ring substituents is 1. The number of aliphatic hydroxyl groups excluding tert-OH is 1. The average molecular weight is 449 g/mol. The molecule has 0 spiro atoms. The Bertz CT molecular complexity index is 1270. The van der Waals surface area contributed by atoms with Crippen molar-refractivity contribution in [3.05, 3.63) is 110 Å². The van der Waals surface area contributed by atoms with E-state index >= 15 is 0 Å². The molecule has 1 fully saturated rings. The molecule has 1 saturated heterocycles. The third kappa shape index (κ3) is 3.74. The van der Waals surface area contributed by atoms with E-state index in [0.717, 1.165) is 5.56 Å². The average Bonchev–Trinajstić information content (AvgIpc) is 3.05. The molecule has 0 aromatic heterocycles. The molecule has 1 unspecified atom stereocenters. The molecule has 1 heterocycles. The lowest BCUT2D eigenvalue weighted by molar-refractivity contribution is -0.384. The van der Waals surface area contributed by atoms with E-state index in [2.05, 4.69) is 0 Å². The maximum absolute atomic E-state index is 13.1. The molecule has 1 atom stereocenters. The second-order valence-electron chi connectivity index (χ2n) is 7.36. The zero-order chi connectivity index (χ0) is 23.0. The molecule has 160 valence electrons. The van der Waals surface area contributed by atoms with Crippen molar-refractivity contribution in [3.8, 4) is 0 Å². The lowest BCUT2D eigenvalue weighted by Gasteiger charge is -2.25. The van der Waals surface area contributed by atoms with Crippen molar-refractivity contribution < 1.29 is 19.6 Å². The van der Waals surface area contributed by atoms with E-state index in [4.69, 9.17) is 11.6 Å². The first-order chi connectivity index (χ1) is 15.3. The van der Waals surface area contributed by atoms with E-state index < -0.39 is 22.7 Å².